The van der Waals surface area contributed by atoms with Crippen LogP contribution in [0.5, 0.6) is 0 Å². The Morgan fingerprint density at radius 2 is 1.85 bits per heavy atom. The molecule has 7 heteroatoms. The number of aromatic nitrogens is 1. The Balaban J connectivity index is 1.85. The summed E-state index contributed by atoms with van der Waals surface area (Å²) >= 11 is 0. The molecule has 0 radical (unpaired) electrons. The fraction of sp³-hybridized carbons (Fsp3) is 0.100. The van der Waals surface area contributed by atoms with E-state index < -0.39 is 10.8 Å². The SMILES string of the molecule is Cc1ccc([N+](=O)[O-])cc1NC(=O)c1ccc(=O)n(Cc2ccccc2)c1. The number of non-ortho nitro benzene ring substituents is 1. The number of amides is 1. The molecule has 1 heterocycles. The van der Waals surface area contributed by atoms with Crippen molar-refractivity contribution in [1.29, 1.82) is 0 Å². The molecule has 2 aromatic carbocycles. The number of rotatable bonds is 5. The Morgan fingerprint density at radius 3 is 2.56 bits per heavy atom. The zero-order valence-corrected chi connectivity index (χ0v) is 14.6. The molecule has 0 spiro atoms. The van der Waals surface area contributed by atoms with Crippen molar-refractivity contribution in [2.24, 2.45) is 0 Å². The Labute approximate surface area is 155 Å². The number of hydrogen-bond acceptors (Lipinski definition) is 4. The van der Waals surface area contributed by atoms with Crippen molar-refractivity contribution in [3.63, 3.8) is 0 Å². The van der Waals surface area contributed by atoms with Crippen LogP contribution in [0.3, 0.4) is 0 Å². The first kappa shape index (κ1) is 18.1. The van der Waals surface area contributed by atoms with Gasteiger partial charge >= 0.3 is 0 Å². The highest BCUT2D eigenvalue weighted by molar-refractivity contribution is 6.04. The van der Waals surface area contributed by atoms with Crippen molar-refractivity contribution >= 4 is 17.3 Å². The first-order valence-electron chi connectivity index (χ1n) is 8.25. The largest absolute Gasteiger partial charge is 0.321 e. The fourth-order valence-corrected chi connectivity index (χ4v) is 2.62. The zero-order valence-electron chi connectivity index (χ0n) is 14.6. The van der Waals surface area contributed by atoms with Crippen molar-refractivity contribution < 1.29 is 9.72 Å². The molecule has 7 nitrogen and oxygen atoms in total. The van der Waals surface area contributed by atoms with Gasteiger partial charge in [-0.05, 0) is 24.1 Å². The predicted molar refractivity (Wildman–Crippen MR) is 102 cm³/mol. The summed E-state index contributed by atoms with van der Waals surface area (Å²) in [5, 5.41) is 13.6. The molecular weight excluding hydrogens is 346 g/mol. The standard InChI is InChI=1S/C20H17N3O4/c1-14-7-9-17(23(26)27)11-18(14)21-20(25)16-8-10-19(24)22(13-16)12-15-5-3-2-4-6-15/h2-11,13H,12H2,1H3,(H,21,25). The van der Waals surface area contributed by atoms with Gasteiger partial charge in [-0.15, -0.1) is 0 Å². The topological polar surface area (TPSA) is 94.2 Å². The van der Waals surface area contributed by atoms with Crippen LogP contribution in [0.1, 0.15) is 21.5 Å². The molecule has 0 atom stereocenters. The number of aryl methyl sites for hydroxylation is 1. The molecule has 0 aliphatic carbocycles. The number of pyridine rings is 1. The first-order valence-corrected chi connectivity index (χ1v) is 8.25. The number of nitro benzene ring substituents is 1. The Hall–Kier alpha value is -3.74. The lowest BCUT2D eigenvalue weighted by Gasteiger charge is -2.11. The smallest absolute Gasteiger partial charge is 0.271 e. The van der Waals surface area contributed by atoms with Crippen LogP contribution in [-0.4, -0.2) is 15.4 Å². The van der Waals surface area contributed by atoms with Gasteiger partial charge in [0.1, 0.15) is 0 Å². The lowest BCUT2D eigenvalue weighted by atomic mass is 10.1. The van der Waals surface area contributed by atoms with Crippen molar-refractivity contribution in [3.05, 3.63) is 104 Å². The summed E-state index contributed by atoms with van der Waals surface area (Å²) in [5.41, 5.74) is 1.96. The number of nitrogens with zero attached hydrogens (tertiary/aromatic N) is 2. The molecular formula is C20H17N3O4. The van der Waals surface area contributed by atoms with Gasteiger partial charge in [0.15, 0.2) is 0 Å². The number of nitro groups is 1. The van der Waals surface area contributed by atoms with E-state index in [4.69, 9.17) is 0 Å². The summed E-state index contributed by atoms with van der Waals surface area (Å²) in [4.78, 5) is 35.1. The number of benzene rings is 2. The summed E-state index contributed by atoms with van der Waals surface area (Å²) < 4.78 is 1.45. The van der Waals surface area contributed by atoms with Crippen LogP contribution in [0.25, 0.3) is 0 Å². The van der Waals surface area contributed by atoms with Crippen molar-refractivity contribution in [2.75, 3.05) is 5.32 Å². The van der Waals surface area contributed by atoms with Crippen LogP contribution >= 0.6 is 0 Å². The molecule has 0 saturated carbocycles. The highest BCUT2D eigenvalue weighted by Gasteiger charge is 2.13. The molecule has 3 aromatic rings. The molecule has 1 N–H and O–H groups in total. The summed E-state index contributed by atoms with van der Waals surface area (Å²) in [6, 6.07) is 16.5. The van der Waals surface area contributed by atoms with E-state index in [9.17, 15) is 19.7 Å². The summed E-state index contributed by atoms with van der Waals surface area (Å²) in [6.45, 7) is 2.09. The third-order valence-electron chi connectivity index (χ3n) is 4.12. The van der Waals surface area contributed by atoms with E-state index in [0.29, 0.717) is 17.8 Å². The van der Waals surface area contributed by atoms with Crippen molar-refractivity contribution in [3.8, 4) is 0 Å². The van der Waals surface area contributed by atoms with E-state index in [1.165, 1.54) is 35.0 Å². The number of carbonyl (C=O) groups excluding carboxylic acids is 1. The van der Waals surface area contributed by atoms with Crippen LogP contribution in [0, 0.1) is 17.0 Å². The highest BCUT2D eigenvalue weighted by atomic mass is 16.6. The number of nitrogens with one attached hydrogen (secondary N) is 1. The second-order valence-corrected chi connectivity index (χ2v) is 6.08. The maximum absolute atomic E-state index is 12.6. The van der Waals surface area contributed by atoms with E-state index in [0.717, 1.165) is 5.56 Å². The third kappa shape index (κ3) is 4.27. The van der Waals surface area contributed by atoms with Gasteiger partial charge in [0.05, 0.1) is 22.7 Å². The molecule has 27 heavy (non-hydrogen) atoms. The number of hydrogen-bond donors (Lipinski definition) is 1. The predicted octanol–water partition coefficient (Wildman–Crippen LogP) is 3.37. The average molecular weight is 363 g/mol. The van der Waals surface area contributed by atoms with Crippen LogP contribution in [-0.2, 0) is 6.54 Å². The van der Waals surface area contributed by atoms with Gasteiger partial charge in [0, 0.05) is 24.4 Å². The van der Waals surface area contributed by atoms with E-state index in [1.54, 1.807) is 13.0 Å². The number of anilines is 1. The molecule has 1 aromatic heterocycles. The van der Waals surface area contributed by atoms with Crippen LogP contribution in [0.2, 0.25) is 0 Å². The fourth-order valence-electron chi connectivity index (χ4n) is 2.62. The molecule has 0 aliphatic heterocycles. The second kappa shape index (κ2) is 7.65. The van der Waals surface area contributed by atoms with Crippen LogP contribution < -0.4 is 10.9 Å². The average Bonchev–Trinajstić information content (AvgIpc) is 2.66. The lowest BCUT2D eigenvalue weighted by Crippen LogP contribution is -2.22. The second-order valence-electron chi connectivity index (χ2n) is 6.08. The van der Waals surface area contributed by atoms with Crippen molar-refractivity contribution in [2.45, 2.75) is 13.5 Å². The molecule has 1 amide bonds. The van der Waals surface area contributed by atoms with Gasteiger partial charge in [-0.1, -0.05) is 36.4 Å². The van der Waals surface area contributed by atoms with Gasteiger partial charge in [-0.2, -0.15) is 0 Å². The van der Waals surface area contributed by atoms with Gasteiger partial charge < -0.3 is 9.88 Å². The minimum Gasteiger partial charge on any atom is -0.321 e. The van der Waals surface area contributed by atoms with Crippen LogP contribution in [0.15, 0.2) is 71.7 Å². The third-order valence-corrected chi connectivity index (χ3v) is 4.12. The first-order chi connectivity index (χ1) is 12.9. The molecule has 136 valence electrons. The lowest BCUT2D eigenvalue weighted by molar-refractivity contribution is -0.384. The molecule has 3 rings (SSSR count). The Morgan fingerprint density at radius 1 is 1.11 bits per heavy atom. The molecule has 0 bridgehead atoms. The number of carbonyl (C=O) groups is 1. The molecule has 0 fully saturated rings. The highest BCUT2D eigenvalue weighted by Crippen LogP contribution is 2.22. The molecule has 0 unspecified atom stereocenters. The maximum Gasteiger partial charge on any atom is 0.271 e. The summed E-state index contributed by atoms with van der Waals surface area (Å²) in [7, 11) is 0. The summed E-state index contributed by atoms with van der Waals surface area (Å²) in [5.74, 6) is -0.444. The van der Waals surface area contributed by atoms with Crippen molar-refractivity contribution in [1.82, 2.24) is 4.57 Å². The van der Waals surface area contributed by atoms with E-state index in [1.807, 2.05) is 30.3 Å². The quantitative estimate of drug-likeness (QED) is 0.555. The Kier molecular flexibility index (Phi) is 5.12. The molecule has 0 aliphatic rings. The summed E-state index contributed by atoms with van der Waals surface area (Å²) in [6.07, 6.45) is 1.48. The van der Waals surface area contributed by atoms with E-state index in [-0.39, 0.29) is 16.8 Å². The van der Waals surface area contributed by atoms with Crippen LogP contribution in [0.4, 0.5) is 11.4 Å². The normalized spacial score (nSPS) is 10.4. The minimum atomic E-state index is -0.519. The van der Waals surface area contributed by atoms with Gasteiger partial charge in [-0.25, -0.2) is 0 Å². The van der Waals surface area contributed by atoms with E-state index >= 15 is 0 Å². The monoisotopic (exact) mass is 363 g/mol. The van der Waals surface area contributed by atoms with E-state index in [2.05, 4.69) is 5.32 Å². The van der Waals surface area contributed by atoms with Gasteiger partial charge in [0.2, 0.25) is 0 Å². The minimum absolute atomic E-state index is 0.107. The van der Waals surface area contributed by atoms with Gasteiger partial charge in [-0.3, -0.25) is 19.7 Å². The maximum atomic E-state index is 12.6. The molecule has 0 saturated heterocycles. The van der Waals surface area contributed by atoms with Gasteiger partial charge in [0.25, 0.3) is 17.2 Å². The Bertz CT molecular complexity index is 1060. The zero-order chi connectivity index (χ0) is 19.4.